The van der Waals surface area contributed by atoms with Gasteiger partial charge in [0.25, 0.3) is 0 Å². The summed E-state index contributed by atoms with van der Waals surface area (Å²) in [7, 11) is 0. The van der Waals surface area contributed by atoms with E-state index in [-0.39, 0.29) is 24.2 Å². The van der Waals surface area contributed by atoms with Gasteiger partial charge in [0.15, 0.2) is 12.1 Å². The average Bonchev–Trinajstić information content (AvgIpc) is 3.11. The van der Waals surface area contributed by atoms with Crippen molar-refractivity contribution >= 4 is 23.6 Å². The number of halogens is 1. The Kier molecular flexibility index (Phi) is 8.62. The molecule has 1 aliphatic rings. The number of nitrogens with one attached hydrogen (secondary N) is 2. The minimum atomic E-state index is -0.884. The smallest absolute Gasteiger partial charge is 0.411 e. The fourth-order valence-corrected chi connectivity index (χ4v) is 3.79. The summed E-state index contributed by atoms with van der Waals surface area (Å²) in [5.74, 6) is -0.336. The van der Waals surface area contributed by atoms with Gasteiger partial charge in [-0.15, -0.1) is 0 Å². The van der Waals surface area contributed by atoms with Crippen molar-refractivity contribution in [1.82, 2.24) is 10.2 Å². The van der Waals surface area contributed by atoms with E-state index in [1.165, 1.54) is 17.0 Å². The summed E-state index contributed by atoms with van der Waals surface area (Å²) in [5.41, 5.74) is 1.97. The van der Waals surface area contributed by atoms with Gasteiger partial charge in [-0.1, -0.05) is 45.0 Å². The molecule has 0 radical (unpaired) electrons. The van der Waals surface area contributed by atoms with Crippen molar-refractivity contribution in [2.24, 2.45) is 5.92 Å². The minimum absolute atomic E-state index is 0.0737. The third-order valence-electron chi connectivity index (χ3n) is 5.64. The molecule has 2 atom stereocenters. The van der Waals surface area contributed by atoms with Crippen molar-refractivity contribution in [2.75, 3.05) is 11.9 Å². The molecule has 1 saturated heterocycles. The Bertz CT molecular complexity index is 992. The normalized spacial score (nSPS) is 17.6. The van der Waals surface area contributed by atoms with E-state index < -0.39 is 18.2 Å². The number of cyclic esters (lactones) is 1. The van der Waals surface area contributed by atoms with E-state index in [0.29, 0.717) is 35.7 Å². The molecule has 0 aliphatic carbocycles. The molecule has 0 aromatic heterocycles. The molecule has 1 aliphatic heterocycles. The maximum Gasteiger partial charge on any atom is 0.411 e. The maximum atomic E-state index is 13.3. The second kappa shape index (κ2) is 11.6. The fourth-order valence-electron chi connectivity index (χ4n) is 3.79. The summed E-state index contributed by atoms with van der Waals surface area (Å²) >= 11 is 0. The Morgan fingerprint density at radius 1 is 1.09 bits per heavy atom. The monoisotopic (exact) mass is 469 g/mol. The molecule has 0 spiro atoms. The van der Waals surface area contributed by atoms with Gasteiger partial charge in [-0.3, -0.25) is 14.5 Å². The number of carbonyl (C=O) groups is 3. The zero-order valence-electron chi connectivity index (χ0n) is 19.8. The summed E-state index contributed by atoms with van der Waals surface area (Å²) < 4.78 is 19.0. The van der Waals surface area contributed by atoms with Gasteiger partial charge in [-0.25, -0.2) is 9.18 Å². The van der Waals surface area contributed by atoms with Crippen LogP contribution < -0.4 is 10.6 Å². The Morgan fingerprint density at radius 3 is 2.38 bits per heavy atom. The Labute approximate surface area is 199 Å². The molecule has 2 aromatic rings. The molecule has 182 valence electrons. The van der Waals surface area contributed by atoms with E-state index in [0.717, 1.165) is 12.8 Å². The highest BCUT2D eigenvalue weighted by Crippen LogP contribution is 2.34. The molecule has 7 nitrogen and oxygen atoms in total. The summed E-state index contributed by atoms with van der Waals surface area (Å²) in [6.07, 6.45) is 0.562. The number of carbonyl (C=O) groups excluding carboxylic acids is 3. The van der Waals surface area contributed by atoms with E-state index >= 15 is 0 Å². The van der Waals surface area contributed by atoms with Crippen LogP contribution in [-0.4, -0.2) is 35.4 Å². The van der Waals surface area contributed by atoms with E-state index in [1.807, 2.05) is 6.92 Å². The molecule has 0 unspecified atom stereocenters. The van der Waals surface area contributed by atoms with Gasteiger partial charge in [0.1, 0.15) is 5.82 Å². The summed E-state index contributed by atoms with van der Waals surface area (Å²) in [5, 5.41) is 5.74. The highest BCUT2D eigenvalue weighted by molar-refractivity contribution is 5.91. The summed E-state index contributed by atoms with van der Waals surface area (Å²) in [6, 6.07) is 11.9. The topological polar surface area (TPSA) is 87.7 Å². The standard InChI is InChI=1S/C26H32FN3O4/c1-4-5-22(31)29-21-12-8-19(9-13-21)24-23(25(32)28-15-14-17(2)3)30(26(33)34-24)16-18-6-10-20(27)11-7-18/h6-13,17,23-24H,4-5,14-16H2,1-3H3,(H,28,32)(H,29,31)/t23-,24+/m0/s1. The zero-order chi connectivity index (χ0) is 24.7. The van der Waals surface area contributed by atoms with Crippen LogP contribution in [0.2, 0.25) is 0 Å². The van der Waals surface area contributed by atoms with Gasteiger partial charge in [-0.2, -0.15) is 0 Å². The number of rotatable bonds is 10. The van der Waals surface area contributed by atoms with Crippen molar-refractivity contribution in [2.45, 2.75) is 58.7 Å². The van der Waals surface area contributed by atoms with E-state index in [1.54, 1.807) is 36.4 Å². The first-order valence-electron chi connectivity index (χ1n) is 11.7. The third kappa shape index (κ3) is 6.56. The van der Waals surface area contributed by atoms with Crippen molar-refractivity contribution in [3.8, 4) is 0 Å². The highest BCUT2D eigenvalue weighted by atomic mass is 19.1. The molecular formula is C26H32FN3O4. The van der Waals surface area contributed by atoms with Gasteiger partial charge in [-0.05, 0) is 54.2 Å². The number of hydrogen-bond donors (Lipinski definition) is 2. The largest absolute Gasteiger partial charge is 0.438 e. The van der Waals surface area contributed by atoms with Crippen molar-refractivity contribution in [3.63, 3.8) is 0 Å². The van der Waals surface area contributed by atoms with Gasteiger partial charge in [0, 0.05) is 18.7 Å². The van der Waals surface area contributed by atoms with Crippen LogP contribution in [0, 0.1) is 11.7 Å². The zero-order valence-corrected chi connectivity index (χ0v) is 19.8. The first-order chi connectivity index (χ1) is 16.3. The number of anilines is 1. The average molecular weight is 470 g/mol. The highest BCUT2D eigenvalue weighted by Gasteiger charge is 2.46. The molecule has 0 saturated carbocycles. The number of hydrogen-bond acceptors (Lipinski definition) is 4. The van der Waals surface area contributed by atoms with E-state index in [2.05, 4.69) is 24.5 Å². The number of ether oxygens (including phenoxy) is 1. The van der Waals surface area contributed by atoms with Gasteiger partial charge >= 0.3 is 6.09 Å². The fraction of sp³-hybridized carbons (Fsp3) is 0.423. The van der Waals surface area contributed by atoms with Crippen LogP contribution in [0.4, 0.5) is 14.9 Å². The second-order valence-corrected chi connectivity index (χ2v) is 8.90. The third-order valence-corrected chi connectivity index (χ3v) is 5.64. The van der Waals surface area contributed by atoms with Crippen molar-refractivity contribution < 1.29 is 23.5 Å². The molecule has 0 bridgehead atoms. The Morgan fingerprint density at radius 2 is 1.76 bits per heavy atom. The van der Waals surface area contributed by atoms with Crippen LogP contribution in [0.1, 0.15) is 57.3 Å². The van der Waals surface area contributed by atoms with E-state index in [9.17, 15) is 18.8 Å². The van der Waals surface area contributed by atoms with Gasteiger partial charge in [0.2, 0.25) is 11.8 Å². The summed E-state index contributed by atoms with van der Waals surface area (Å²) in [4.78, 5) is 39.2. The van der Waals surface area contributed by atoms with Crippen LogP contribution in [-0.2, 0) is 20.9 Å². The molecule has 3 rings (SSSR count). The van der Waals surface area contributed by atoms with Crippen LogP contribution in [0.3, 0.4) is 0 Å². The Hall–Kier alpha value is -3.42. The molecule has 1 fully saturated rings. The number of amides is 3. The SMILES string of the molecule is CCCC(=O)Nc1ccc([C@H]2OC(=O)N(Cc3ccc(F)cc3)[C@@H]2C(=O)NCCC(C)C)cc1. The molecule has 34 heavy (non-hydrogen) atoms. The lowest BCUT2D eigenvalue weighted by Crippen LogP contribution is -2.46. The molecule has 8 heteroatoms. The van der Waals surface area contributed by atoms with Crippen molar-refractivity contribution in [1.29, 1.82) is 0 Å². The van der Waals surface area contributed by atoms with Gasteiger partial charge in [0.05, 0.1) is 6.54 Å². The first-order valence-corrected chi connectivity index (χ1v) is 11.7. The predicted octanol–water partition coefficient (Wildman–Crippen LogP) is 4.79. The lowest BCUT2D eigenvalue weighted by Gasteiger charge is -2.24. The first kappa shape index (κ1) is 25.2. The number of nitrogens with zero attached hydrogens (tertiary/aromatic N) is 1. The second-order valence-electron chi connectivity index (χ2n) is 8.90. The quantitative estimate of drug-likeness (QED) is 0.524. The lowest BCUT2D eigenvalue weighted by molar-refractivity contribution is -0.126. The lowest BCUT2D eigenvalue weighted by atomic mass is 10.00. The van der Waals surface area contributed by atoms with Crippen LogP contribution in [0.25, 0.3) is 0 Å². The van der Waals surface area contributed by atoms with Crippen molar-refractivity contribution in [3.05, 3.63) is 65.5 Å². The summed E-state index contributed by atoms with van der Waals surface area (Å²) in [6.45, 7) is 6.67. The molecular weight excluding hydrogens is 437 g/mol. The van der Waals surface area contributed by atoms with Gasteiger partial charge < -0.3 is 15.4 Å². The minimum Gasteiger partial charge on any atom is -0.438 e. The number of benzene rings is 2. The molecule has 1 heterocycles. The molecule has 3 amide bonds. The molecule has 2 aromatic carbocycles. The predicted molar refractivity (Wildman–Crippen MR) is 127 cm³/mol. The van der Waals surface area contributed by atoms with Crippen LogP contribution >= 0.6 is 0 Å². The van der Waals surface area contributed by atoms with Crippen LogP contribution in [0.15, 0.2) is 48.5 Å². The maximum absolute atomic E-state index is 13.3. The Balaban J connectivity index is 1.82. The van der Waals surface area contributed by atoms with Crippen LogP contribution in [0.5, 0.6) is 0 Å². The molecule has 2 N–H and O–H groups in total. The van der Waals surface area contributed by atoms with E-state index in [4.69, 9.17) is 4.74 Å².